The molecule has 3 rings (SSSR count). The summed E-state index contributed by atoms with van der Waals surface area (Å²) in [6.45, 7) is 2.40. The van der Waals surface area contributed by atoms with Crippen molar-refractivity contribution in [2.75, 3.05) is 26.8 Å². The molecule has 1 saturated heterocycles. The Labute approximate surface area is 138 Å². The second-order valence-corrected chi connectivity index (χ2v) is 7.15. The summed E-state index contributed by atoms with van der Waals surface area (Å²) in [6.07, 6.45) is 5.18. The molecule has 4 nitrogen and oxygen atoms in total. The largest absolute Gasteiger partial charge is 0.392 e. The predicted molar refractivity (Wildman–Crippen MR) is 88.9 cm³/mol. The van der Waals surface area contributed by atoms with E-state index in [9.17, 15) is 4.79 Å². The Hall–Kier alpha value is -1.39. The van der Waals surface area contributed by atoms with Crippen LogP contribution in [0.4, 0.5) is 0 Å². The first-order valence-corrected chi connectivity index (χ1v) is 8.64. The minimum atomic E-state index is -0.230. The number of carbonyl (C=O) groups is 1. The van der Waals surface area contributed by atoms with Gasteiger partial charge in [-0.2, -0.15) is 0 Å². The summed E-state index contributed by atoms with van der Waals surface area (Å²) in [7, 11) is 1.69. The highest BCUT2D eigenvalue weighted by molar-refractivity contribution is 5.84. The molecule has 0 aromatic heterocycles. The lowest BCUT2D eigenvalue weighted by Gasteiger charge is -2.42. The molecule has 126 valence electrons. The molecule has 0 unspecified atom stereocenters. The number of methoxy groups -OCH3 is 1. The molecule has 1 aromatic rings. The van der Waals surface area contributed by atoms with Crippen LogP contribution in [0.5, 0.6) is 0 Å². The maximum Gasteiger partial charge on any atom is 0.231 e. The summed E-state index contributed by atoms with van der Waals surface area (Å²) in [5.41, 5.74) is 2.01. The van der Waals surface area contributed by atoms with Crippen molar-refractivity contribution >= 4 is 5.91 Å². The number of ether oxygens (including phenoxy) is 1. The number of hydrogen-bond donors (Lipinski definition) is 1. The molecule has 1 aliphatic carbocycles. The van der Waals surface area contributed by atoms with Crippen LogP contribution < -0.4 is 0 Å². The molecule has 1 aromatic carbocycles. The number of amides is 1. The summed E-state index contributed by atoms with van der Waals surface area (Å²) in [4.78, 5) is 14.9. The van der Waals surface area contributed by atoms with Gasteiger partial charge in [0.25, 0.3) is 0 Å². The summed E-state index contributed by atoms with van der Waals surface area (Å²) in [5, 5.41) is 9.10. The van der Waals surface area contributed by atoms with Crippen molar-refractivity contribution in [3.8, 4) is 0 Å². The lowest BCUT2D eigenvalue weighted by Crippen LogP contribution is -2.49. The first kappa shape index (κ1) is 16.5. The SMILES string of the molecule is COCC1(C(=O)N2CC[C@@H](Cc3ccc(CO)cc3)C2)CCC1. The average molecular weight is 317 g/mol. The van der Waals surface area contributed by atoms with Gasteiger partial charge in [-0.05, 0) is 42.7 Å². The van der Waals surface area contributed by atoms with Gasteiger partial charge in [-0.15, -0.1) is 0 Å². The van der Waals surface area contributed by atoms with Gasteiger partial charge in [0, 0.05) is 20.2 Å². The van der Waals surface area contributed by atoms with Crippen LogP contribution in [0.1, 0.15) is 36.8 Å². The highest BCUT2D eigenvalue weighted by Gasteiger charge is 2.47. The van der Waals surface area contributed by atoms with Crippen molar-refractivity contribution in [1.82, 2.24) is 4.90 Å². The lowest BCUT2D eigenvalue weighted by molar-refractivity contribution is -0.151. The topological polar surface area (TPSA) is 49.8 Å². The van der Waals surface area contributed by atoms with Crippen LogP contribution in [0.25, 0.3) is 0 Å². The van der Waals surface area contributed by atoms with Crippen molar-refractivity contribution in [3.05, 3.63) is 35.4 Å². The Bertz CT molecular complexity index is 536. The molecule has 1 aliphatic heterocycles. The Kier molecular flexibility index (Phi) is 5.02. The van der Waals surface area contributed by atoms with E-state index in [1.165, 1.54) is 5.56 Å². The Morgan fingerprint density at radius 3 is 2.57 bits per heavy atom. The lowest BCUT2D eigenvalue weighted by atomic mass is 9.68. The molecule has 1 saturated carbocycles. The molecule has 0 spiro atoms. The van der Waals surface area contributed by atoms with Gasteiger partial charge in [-0.3, -0.25) is 4.79 Å². The number of benzene rings is 1. The van der Waals surface area contributed by atoms with Crippen molar-refractivity contribution < 1.29 is 14.6 Å². The maximum atomic E-state index is 12.8. The quantitative estimate of drug-likeness (QED) is 0.876. The van der Waals surface area contributed by atoms with E-state index in [0.29, 0.717) is 18.4 Å². The van der Waals surface area contributed by atoms with Gasteiger partial charge in [-0.1, -0.05) is 30.7 Å². The molecular formula is C19H27NO3. The molecule has 1 heterocycles. The monoisotopic (exact) mass is 317 g/mol. The van der Waals surface area contributed by atoms with E-state index in [1.807, 2.05) is 12.1 Å². The standard InChI is InChI=1S/C19H27NO3/c1-23-14-19(8-2-9-19)18(22)20-10-7-17(12-20)11-15-3-5-16(13-21)6-4-15/h3-6,17,21H,2,7-14H2,1H3/t17-/m0/s1. The zero-order chi connectivity index (χ0) is 16.3. The van der Waals surface area contributed by atoms with Gasteiger partial charge in [0.2, 0.25) is 5.91 Å². The Balaban J connectivity index is 1.56. The minimum Gasteiger partial charge on any atom is -0.392 e. The molecular weight excluding hydrogens is 290 g/mol. The van der Waals surface area contributed by atoms with Crippen LogP contribution in [-0.4, -0.2) is 42.7 Å². The Morgan fingerprint density at radius 1 is 1.30 bits per heavy atom. The van der Waals surface area contributed by atoms with Crippen molar-refractivity contribution in [1.29, 1.82) is 0 Å². The molecule has 2 fully saturated rings. The number of rotatable bonds is 6. The van der Waals surface area contributed by atoms with E-state index in [0.717, 1.165) is 50.8 Å². The second-order valence-electron chi connectivity index (χ2n) is 7.15. The molecule has 1 N–H and O–H groups in total. The number of aliphatic hydroxyl groups excluding tert-OH is 1. The van der Waals surface area contributed by atoms with Gasteiger partial charge in [0.1, 0.15) is 0 Å². The fourth-order valence-electron chi connectivity index (χ4n) is 3.93. The molecule has 23 heavy (non-hydrogen) atoms. The zero-order valence-electron chi connectivity index (χ0n) is 14.0. The Morgan fingerprint density at radius 2 is 2.00 bits per heavy atom. The van der Waals surface area contributed by atoms with Gasteiger partial charge < -0.3 is 14.7 Å². The third kappa shape index (κ3) is 3.43. The van der Waals surface area contributed by atoms with Crippen LogP contribution in [0, 0.1) is 11.3 Å². The normalized spacial score (nSPS) is 22.9. The minimum absolute atomic E-state index is 0.0908. The van der Waals surface area contributed by atoms with Crippen LogP contribution in [-0.2, 0) is 22.6 Å². The number of carbonyl (C=O) groups excluding carboxylic acids is 1. The predicted octanol–water partition coefficient (Wildman–Crippen LogP) is 2.39. The van der Waals surface area contributed by atoms with Gasteiger partial charge in [0.05, 0.1) is 18.6 Å². The highest BCUT2D eigenvalue weighted by atomic mass is 16.5. The van der Waals surface area contributed by atoms with Crippen molar-refractivity contribution in [3.63, 3.8) is 0 Å². The van der Waals surface area contributed by atoms with Crippen LogP contribution in [0.3, 0.4) is 0 Å². The van der Waals surface area contributed by atoms with E-state index < -0.39 is 0 Å². The first-order chi connectivity index (χ1) is 11.2. The van der Waals surface area contributed by atoms with Crippen molar-refractivity contribution in [2.24, 2.45) is 11.3 Å². The molecule has 4 heteroatoms. The summed E-state index contributed by atoms with van der Waals surface area (Å²) in [6, 6.07) is 8.15. The van der Waals surface area contributed by atoms with E-state index >= 15 is 0 Å². The molecule has 0 radical (unpaired) electrons. The number of hydrogen-bond acceptors (Lipinski definition) is 3. The zero-order valence-corrected chi connectivity index (χ0v) is 14.0. The van der Waals surface area contributed by atoms with E-state index in [4.69, 9.17) is 9.84 Å². The summed E-state index contributed by atoms with van der Waals surface area (Å²) < 4.78 is 5.31. The second kappa shape index (κ2) is 7.02. The van der Waals surface area contributed by atoms with E-state index in [2.05, 4.69) is 17.0 Å². The van der Waals surface area contributed by atoms with Gasteiger partial charge in [-0.25, -0.2) is 0 Å². The molecule has 1 atom stereocenters. The average Bonchev–Trinajstić information content (AvgIpc) is 2.99. The fourth-order valence-corrected chi connectivity index (χ4v) is 3.93. The highest BCUT2D eigenvalue weighted by Crippen LogP contribution is 2.43. The van der Waals surface area contributed by atoms with Crippen molar-refractivity contribution in [2.45, 2.75) is 38.7 Å². The van der Waals surface area contributed by atoms with Crippen LogP contribution >= 0.6 is 0 Å². The van der Waals surface area contributed by atoms with E-state index in [-0.39, 0.29) is 12.0 Å². The van der Waals surface area contributed by atoms with Crippen LogP contribution in [0.2, 0.25) is 0 Å². The first-order valence-electron chi connectivity index (χ1n) is 8.64. The summed E-state index contributed by atoms with van der Waals surface area (Å²) in [5.74, 6) is 0.849. The fraction of sp³-hybridized carbons (Fsp3) is 0.632. The van der Waals surface area contributed by atoms with Gasteiger partial charge >= 0.3 is 0 Å². The van der Waals surface area contributed by atoms with E-state index in [1.54, 1.807) is 7.11 Å². The molecule has 0 bridgehead atoms. The van der Waals surface area contributed by atoms with Gasteiger partial charge in [0.15, 0.2) is 0 Å². The third-order valence-electron chi connectivity index (χ3n) is 5.49. The summed E-state index contributed by atoms with van der Waals surface area (Å²) >= 11 is 0. The number of aliphatic hydroxyl groups is 1. The van der Waals surface area contributed by atoms with Crippen LogP contribution in [0.15, 0.2) is 24.3 Å². The number of likely N-dealkylation sites (tertiary alicyclic amines) is 1. The molecule has 2 aliphatic rings. The smallest absolute Gasteiger partial charge is 0.231 e. The molecule has 1 amide bonds. The third-order valence-corrected chi connectivity index (χ3v) is 5.49. The maximum absolute atomic E-state index is 12.8. The number of nitrogens with zero attached hydrogens (tertiary/aromatic N) is 1.